The van der Waals surface area contributed by atoms with Crippen molar-refractivity contribution >= 4 is 5.97 Å². The summed E-state index contributed by atoms with van der Waals surface area (Å²) in [7, 11) is 3.28. The van der Waals surface area contributed by atoms with E-state index in [9.17, 15) is 4.79 Å². The second kappa shape index (κ2) is 6.68. The van der Waals surface area contributed by atoms with E-state index in [0.29, 0.717) is 13.0 Å². The Labute approximate surface area is 114 Å². The van der Waals surface area contributed by atoms with Crippen molar-refractivity contribution in [3.05, 3.63) is 35.4 Å². The number of carbonyl (C=O) groups is 1. The molecule has 0 radical (unpaired) electrons. The number of aliphatic carboxylic acids is 1. The van der Waals surface area contributed by atoms with Gasteiger partial charge in [0.15, 0.2) is 0 Å². The molecule has 1 aromatic rings. The molecule has 0 bridgehead atoms. The number of hydrogen-bond acceptors (Lipinski definition) is 3. The van der Waals surface area contributed by atoms with Gasteiger partial charge < -0.3 is 14.6 Å². The Morgan fingerprint density at radius 1 is 1.26 bits per heavy atom. The summed E-state index contributed by atoms with van der Waals surface area (Å²) in [5.74, 6) is -0.786. The Morgan fingerprint density at radius 2 is 1.84 bits per heavy atom. The fourth-order valence-electron chi connectivity index (χ4n) is 1.89. The largest absolute Gasteiger partial charge is 0.481 e. The van der Waals surface area contributed by atoms with Gasteiger partial charge in [0.25, 0.3) is 0 Å². The van der Waals surface area contributed by atoms with Crippen LogP contribution in [0.3, 0.4) is 0 Å². The van der Waals surface area contributed by atoms with E-state index in [0.717, 1.165) is 11.1 Å². The van der Waals surface area contributed by atoms with Gasteiger partial charge in [-0.15, -0.1) is 0 Å². The van der Waals surface area contributed by atoms with Gasteiger partial charge in [0.05, 0.1) is 12.0 Å². The van der Waals surface area contributed by atoms with Crippen LogP contribution in [0.5, 0.6) is 0 Å². The first-order valence-electron chi connectivity index (χ1n) is 6.24. The average Bonchev–Trinajstić information content (AvgIpc) is 2.36. The van der Waals surface area contributed by atoms with E-state index in [1.54, 1.807) is 28.1 Å². The molecule has 1 aromatic carbocycles. The summed E-state index contributed by atoms with van der Waals surface area (Å²) in [6.45, 7) is 3.95. The molecule has 106 valence electrons. The summed E-state index contributed by atoms with van der Waals surface area (Å²) in [6, 6.07) is 7.81. The van der Waals surface area contributed by atoms with Gasteiger partial charge in [-0.3, -0.25) is 4.79 Å². The quantitative estimate of drug-likeness (QED) is 0.824. The van der Waals surface area contributed by atoms with Crippen molar-refractivity contribution in [2.45, 2.75) is 26.4 Å². The zero-order valence-corrected chi connectivity index (χ0v) is 12.0. The van der Waals surface area contributed by atoms with Crippen LogP contribution in [0.4, 0.5) is 0 Å². The van der Waals surface area contributed by atoms with Gasteiger partial charge in [-0.05, 0) is 31.4 Å². The molecule has 0 heterocycles. The molecular weight excluding hydrogens is 244 g/mol. The maximum absolute atomic E-state index is 11.1. The minimum Gasteiger partial charge on any atom is -0.481 e. The molecule has 1 N–H and O–H groups in total. The lowest BCUT2D eigenvalue weighted by Crippen LogP contribution is -2.26. The van der Waals surface area contributed by atoms with Crippen molar-refractivity contribution in [1.29, 1.82) is 0 Å². The van der Waals surface area contributed by atoms with Crippen molar-refractivity contribution in [1.82, 2.24) is 0 Å². The zero-order chi connectivity index (χ0) is 14.5. The van der Waals surface area contributed by atoms with E-state index < -0.39 is 11.4 Å². The average molecular weight is 266 g/mol. The van der Waals surface area contributed by atoms with Crippen LogP contribution >= 0.6 is 0 Å². The normalized spacial score (nSPS) is 13.3. The second-order valence-electron chi connectivity index (χ2n) is 5.29. The SMILES string of the molecule is COCC(OC)c1ccc(CC(C)(C)C(=O)O)cc1. The predicted molar refractivity (Wildman–Crippen MR) is 73.2 cm³/mol. The first-order chi connectivity index (χ1) is 8.90. The number of ether oxygens (including phenoxy) is 2. The molecule has 0 aliphatic heterocycles. The lowest BCUT2D eigenvalue weighted by atomic mass is 9.85. The summed E-state index contributed by atoms with van der Waals surface area (Å²) in [5.41, 5.74) is 1.28. The van der Waals surface area contributed by atoms with Gasteiger partial charge in [0, 0.05) is 14.2 Å². The molecule has 0 aromatic heterocycles. The molecule has 1 unspecified atom stereocenters. The first kappa shape index (κ1) is 15.7. The van der Waals surface area contributed by atoms with Crippen molar-refractivity contribution in [3.8, 4) is 0 Å². The lowest BCUT2D eigenvalue weighted by molar-refractivity contribution is -0.146. The number of carboxylic acids is 1. The smallest absolute Gasteiger partial charge is 0.309 e. The van der Waals surface area contributed by atoms with Crippen LogP contribution in [0.1, 0.15) is 31.1 Å². The van der Waals surface area contributed by atoms with E-state index in [1.165, 1.54) is 0 Å². The highest BCUT2D eigenvalue weighted by molar-refractivity contribution is 5.74. The minimum absolute atomic E-state index is 0.0912. The molecule has 0 saturated carbocycles. The van der Waals surface area contributed by atoms with E-state index in [2.05, 4.69) is 0 Å². The van der Waals surface area contributed by atoms with Crippen molar-refractivity contribution in [2.24, 2.45) is 5.41 Å². The molecule has 1 rings (SSSR count). The standard InChI is InChI=1S/C15H22O4/c1-15(2,14(16)17)9-11-5-7-12(8-6-11)13(19-4)10-18-3/h5-8,13H,9-10H2,1-4H3,(H,16,17). The highest BCUT2D eigenvalue weighted by Gasteiger charge is 2.27. The Morgan fingerprint density at radius 3 is 2.26 bits per heavy atom. The summed E-state index contributed by atoms with van der Waals surface area (Å²) < 4.78 is 10.4. The summed E-state index contributed by atoms with van der Waals surface area (Å²) in [5, 5.41) is 9.12. The van der Waals surface area contributed by atoms with Crippen LogP contribution in [-0.2, 0) is 20.7 Å². The van der Waals surface area contributed by atoms with E-state index in [1.807, 2.05) is 24.3 Å². The molecule has 0 saturated heterocycles. The summed E-state index contributed by atoms with van der Waals surface area (Å²) in [6.07, 6.45) is 0.413. The molecule has 0 fully saturated rings. The van der Waals surface area contributed by atoms with Crippen molar-refractivity contribution in [3.63, 3.8) is 0 Å². The third kappa shape index (κ3) is 4.33. The Hall–Kier alpha value is -1.39. The molecule has 4 nitrogen and oxygen atoms in total. The Balaban J connectivity index is 2.79. The number of carboxylic acid groups (broad SMARTS) is 1. The van der Waals surface area contributed by atoms with Gasteiger partial charge >= 0.3 is 5.97 Å². The molecule has 1 atom stereocenters. The Kier molecular flexibility index (Phi) is 5.51. The molecule has 0 spiro atoms. The third-order valence-corrected chi connectivity index (χ3v) is 3.18. The third-order valence-electron chi connectivity index (χ3n) is 3.18. The number of methoxy groups -OCH3 is 2. The Bertz CT molecular complexity index is 409. The van der Waals surface area contributed by atoms with Crippen LogP contribution < -0.4 is 0 Å². The highest BCUT2D eigenvalue weighted by atomic mass is 16.5. The maximum Gasteiger partial charge on any atom is 0.309 e. The van der Waals surface area contributed by atoms with Crippen LogP contribution in [0.15, 0.2) is 24.3 Å². The first-order valence-corrected chi connectivity index (χ1v) is 6.24. The molecule has 4 heteroatoms. The van der Waals surface area contributed by atoms with E-state index >= 15 is 0 Å². The van der Waals surface area contributed by atoms with Crippen LogP contribution in [0, 0.1) is 5.41 Å². The molecule has 0 aliphatic rings. The van der Waals surface area contributed by atoms with Gasteiger partial charge in [-0.25, -0.2) is 0 Å². The van der Waals surface area contributed by atoms with Gasteiger partial charge in [0.1, 0.15) is 6.10 Å². The second-order valence-corrected chi connectivity index (χ2v) is 5.29. The van der Waals surface area contributed by atoms with Crippen LogP contribution in [0.25, 0.3) is 0 Å². The van der Waals surface area contributed by atoms with Gasteiger partial charge in [0.2, 0.25) is 0 Å². The van der Waals surface area contributed by atoms with Crippen molar-refractivity contribution in [2.75, 3.05) is 20.8 Å². The monoisotopic (exact) mass is 266 g/mol. The lowest BCUT2D eigenvalue weighted by Gasteiger charge is -2.20. The summed E-state index contributed by atoms with van der Waals surface area (Å²) >= 11 is 0. The summed E-state index contributed by atoms with van der Waals surface area (Å²) in [4.78, 5) is 11.1. The number of benzene rings is 1. The fourth-order valence-corrected chi connectivity index (χ4v) is 1.89. The maximum atomic E-state index is 11.1. The number of rotatable bonds is 7. The van der Waals surface area contributed by atoms with Crippen LogP contribution in [-0.4, -0.2) is 31.9 Å². The molecule has 19 heavy (non-hydrogen) atoms. The molecule has 0 amide bonds. The topological polar surface area (TPSA) is 55.8 Å². The minimum atomic E-state index is -0.786. The molecular formula is C15H22O4. The van der Waals surface area contributed by atoms with Crippen molar-refractivity contribution < 1.29 is 19.4 Å². The van der Waals surface area contributed by atoms with Gasteiger partial charge in [-0.1, -0.05) is 24.3 Å². The fraction of sp³-hybridized carbons (Fsp3) is 0.533. The number of hydrogen-bond donors (Lipinski definition) is 1. The van der Waals surface area contributed by atoms with Gasteiger partial charge in [-0.2, -0.15) is 0 Å². The highest BCUT2D eigenvalue weighted by Crippen LogP contribution is 2.24. The van der Waals surface area contributed by atoms with E-state index in [-0.39, 0.29) is 6.10 Å². The zero-order valence-electron chi connectivity index (χ0n) is 12.0. The predicted octanol–water partition coefficient (Wildman–Crippen LogP) is 2.67. The van der Waals surface area contributed by atoms with E-state index in [4.69, 9.17) is 14.6 Å². The molecule has 0 aliphatic carbocycles. The van der Waals surface area contributed by atoms with Crippen LogP contribution in [0.2, 0.25) is 0 Å².